The highest BCUT2D eigenvalue weighted by Crippen LogP contribution is 2.26. The zero-order valence-corrected chi connectivity index (χ0v) is 15.2. The van der Waals surface area contributed by atoms with Crippen LogP contribution in [0.15, 0.2) is 29.2 Å². The molecule has 0 aromatic heterocycles. The predicted octanol–water partition coefficient (Wildman–Crippen LogP) is 3.62. The normalized spacial score (nSPS) is 17.8. The summed E-state index contributed by atoms with van der Waals surface area (Å²) in [6.07, 6.45) is 0. The molecule has 1 aromatic carbocycles. The maximum absolute atomic E-state index is 12.6. The van der Waals surface area contributed by atoms with Crippen LogP contribution in [0.25, 0.3) is 0 Å². The Bertz CT molecular complexity index is 484. The maximum Gasteiger partial charge on any atom is 0.235 e. The van der Waals surface area contributed by atoms with Crippen LogP contribution in [-0.4, -0.2) is 53.7 Å². The molecule has 1 unspecified atom stereocenters. The fourth-order valence-electron chi connectivity index (χ4n) is 2.69. The van der Waals surface area contributed by atoms with E-state index >= 15 is 0 Å². The number of benzene rings is 1. The third kappa shape index (κ3) is 5.18. The first-order valence-electron chi connectivity index (χ1n) is 7.89. The molecular formula is C17H25ClN2OS. The molecule has 2 rings (SSSR count). The summed E-state index contributed by atoms with van der Waals surface area (Å²) in [6, 6.07) is 7.67. The van der Waals surface area contributed by atoms with Crippen LogP contribution in [0, 0.1) is 5.92 Å². The van der Waals surface area contributed by atoms with E-state index in [2.05, 4.69) is 18.7 Å². The molecule has 0 spiro atoms. The van der Waals surface area contributed by atoms with Crippen molar-refractivity contribution in [2.24, 2.45) is 5.92 Å². The van der Waals surface area contributed by atoms with Gasteiger partial charge in [-0.05, 0) is 37.1 Å². The highest BCUT2D eigenvalue weighted by molar-refractivity contribution is 8.00. The van der Waals surface area contributed by atoms with E-state index in [1.54, 1.807) is 11.8 Å². The van der Waals surface area contributed by atoms with Gasteiger partial charge in [-0.15, -0.1) is 11.8 Å². The number of nitrogens with zero attached hydrogens (tertiary/aromatic N) is 2. The van der Waals surface area contributed by atoms with E-state index in [1.807, 2.05) is 36.1 Å². The molecule has 1 aliphatic heterocycles. The molecule has 0 N–H and O–H groups in total. The second kappa shape index (κ2) is 8.23. The zero-order valence-electron chi connectivity index (χ0n) is 13.6. The number of rotatable bonds is 5. The van der Waals surface area contributed by atoms with Gasteiger partial charge < -0.3 is 4.90 Å². The minimum atomic E-state index is -0.0576. The first-order chi connectivity index (χ1) is 10.5. The first kappa shape index (κ1) is 17.6. The van der Waals surface area contributed by atoms with Crippen molar-refractivity contribution < 1.29 is 4.79 Å². The summed E-state index contributed by atoms with van der Waals surface area (Å²) in [5, 5.41) is 0.669. The van der Waals surface area contributed by atoms with Gasteiger partial charge in [-0.25, -0.2) is 0 Å². The summed E-state index contributed by atoms with van der Waals surface area (Å²) in [7, 11) is 0. The van der Waals surface area contributed by atoms with Crippen molar-refractivity contribution in [1.29, 1.82) is 0 Å². The largest absolute Gasteiger partial charge is 0.339 e. The van der Waals surface area contributed by atoms with Crippen LogP contribution < -0.4 is 0 Å². The average Bonchev–Trinajstić information content (AvgIpc) is 2.49. The molecule has 0 bridgehead atoms. The van der Waals surface area contributed by atoms with Gasteiger partial charge in [0, 0.05) is 42.6 Å². The molecule has 22 heavy (non-hydrogen) atoms. The molecule has 122 valence electrons. The minimum Gasteiger partial charge on any atom is -0.339 e. The zero-order chi connectivity index (χ0) is 16.1. The molecule has 1 saturated heterocycles. The maximum atomic E-state index is 12.6. The fourth-order valence-corrected chi connectivity index (χ4v) is 3.77. The van der Waals surface area contributed by atoms with Crippen molar-refractivity contribution in [1.82, 2.24) is 9.80 Å². The van der Waals surface area contributed by atoms with Gasteiger partial charge in [0.25, 0.3) is 0 Å². The van der Waals surface area contributed by atoms with Crippen LogP contribution in [0.1, 0.15) is 20.8 Å². The summed E-state index contributed by atoms with van der Waals surface area (Å²) in [5.41, 5.74) is 0. The van der Waals surface area contributed by atoms with Gasteiger partial charge in [-0.1, -0.05) is 25.4 Å². The van der Waals surface area contributed by atoms with E-state index in [-0.39, 0.29) is 11.2 Å². The summed E-state index contributed by atoms with van der Waals surface area (Å²) < 4.78 is 0. The molecule has 1 fully saturated rings. The van der Waals surface area contributed by atoms with Crippen molar-refractivity contribution in [2.45, 2.75) is 30.9 Å². The number of thioether (sulfide) groups is 1. The monoisotopic (exact) mass is 340 g/mol. The van der Waals surface area contributed by atoms with E-state index in [9.17, 15) is 4.79 Å². The van der Waals surface area contributed by atoms with E-state index in [4.69, 9.17) is 11.6 Å². The van der Waals surface area contributed by atoms with Gasteiger partial charge in [0.2, 0.25) is 5.91 Å². The molecule has 1 heterocycles. The number of halogens is 1. The Morgan fingerprint density at radius 2 is 1.73 bits per heavy atom. The van der Waals surface area contributed by atoms with E-state index < -0.39 is 0 Å². The first-order valence-corrected chi connectivity index (χ1v) is 9.15. The van der Waals surface area contributed by atoms with Gasteiger partial charge in [0.15, 0.2) is 0 Å². The smallest absolute Gasteiger partial charge is 0.235 e. The van der Waals surface area contributed by atoms with Gasteiger partial charge in [0.1, 0.15) is 0 Å². The summed E-state index contributed by atoms with van der Waals surface area (Å²) in [6.45, 7) is 11.3. The third-order valence-electron chi connectivity index (χ3n) is 3.78. The summed E-state index contributed by atoms with van der Waals surface area (Å²) >= 11 is 7.50. The summed E-state index contributed by atoms with van der Waals surface area (Å²) in [5.74, 6) is 0.922. The molecule has 5 heteroatoms. The number of carbonyl (C=O) groups excluding carboxylic acids is 1. The minimum absolute atomic E-state index is 0.0576. The van der Waals surface area contributed by atoms with Crippen molar-refractivity contribution >= 4 is 29.3 Å². The molecule has 1 aliphatic rings. The molecule has 1 atom stereocenters. The Kier molecular flexibility index (Phi) is 6.60. The number of piperazine rings is 1. The molecule has 0 aliphatic carbocycles. The predicted molar refractivity (Wildman–Crippen MR) is 94.6 cm³/mol. The SMILES string of the molecule is CC(C)CN1CCN(C(=O)C(C)Sc2ccc(Cl)cc2)CC1. The Morgan fingerprint density at radius 1 is 1.14 bits per heavy atom. The van der Waals surface area contributed by atoms with E-state index in [0.29, 0.717) is 5.92 Å². The second-order valence-electron chi connectivity index (χ2n) is 6.23. The lowest BCUT2D eigenvalue weighted by Gasteiger charge is -2.36. The summed E-state index contributed by atoms with van der Waals surface area (Å²) in [4.78, 5) is 18.1. The van der Waals surface area contributed by atoms with Crippen molar-refractivity contribution in [2.75, 3.05) is 32.7 Å². The van der Waals surface area contributed by atoms with Crippen LogP contribution in [-0.2, 0) is 4.79 Å². The quantitative estimate of drug-likeness (QED) is 0.765. The van der Waals surface area contributed by atoms with Gasteiger partial charge in [-0.2, -0.15) is 0 Å². The molecule has 1 aromatic rings. The lowest BCUT2D eigenvalue weighted by Crippen LogP contribution is -2.51. The molecule has 0 radical (unpaired) electrons. The number of carbonyl (C=O) groups is 1. The van der Waals surface area contributed by atoms with Crippen molar-refractivity contribution in [3.05, 3.63) is 29.3 Å². The highest BCUT2D eigenvalue weighted by Gasteiger charge is 2.25. The Labute approximate surface area is 143 Å². The van der Waals surface area contributed by atoms with Crippen LogP contribution in [0.3, 0.4) is 0 Å². The third-order valence-corrected chi connectivity index (χ3v) is 5.13. The highest BCUT2D eigenvalue weighted by atomic mass is 35.5. The van der Waals surface area contributed by atoms with Crippen molar-refractivity contribution in [3.63, 3.8) is 0 Å². The molecule has 3 nitrogen and oxygen atoms in total. The van der Waals surface area contributed by atoms with Gasteiger partial charge in [0.05, 0.1) is 5.25 Å². The average molecular weight is 341 g/mol. The Balaban J connectivity index is 1.82. The van der Waals surface area contributed by atoms with Crippen LogP contribution >= 0.6 is 23.4 Å². The topological polar surface area (TPSA) is 23.6 Å². The number of hydrogen-bond donors (Lipinski definition) is 0. The lowest BCUT2D eigenvalue weighted by atomic mass is 10.2. The Hall–Kier alpha value is -0.710. The second-order valence-corrected chi connectivity index (χ2v) is 8.08. The molecule has 0 saturated carbocycles. The fraction of sp³-hybridized carbons (Fsp3) is 0.588. The van der Waals surface area contributed by atoms with Crippen LogP contribution in [0.5, 0.6) is 0 Å². The van der Waals surface area contributed by atoms with Crippen LogP contribution in [0.2, 0.25) is 5.02 Å². The lowest BCUT2D eigenvalue weighted by molar-refractivity contribution is -0.132. The number of hydrogen-bond acceptors (Lipinski definition) is 3. The van der Waals surface area contributed by atoms with E-state index in [0.717, 1.165) is 42.6 Å². The molecule has 1 amide bonds. The Morgan fingerprint density at radius 3 is 2.27 bits per heavy atom. The van der Waals surface area contributed by atoms with E-state index in [1.165, 1.54) is 0 Å². The standard InChI is InChI=1S/C17H25ClN2OS/c1-13(2)12-19-8-10-20(11-9-19)17(21)14(3)22-16-6-4-15(18)5-7-16/h4-7,13-14H,8-12H2,1-3H3. The van der Waals surface area contributed by atoms with Gasteiger partial charge >= 0.3 is 0 Å². The van der Waals surface area contributed by atoms with Gasteiger partial charge in [-0.3, -0.25) is 9.69 Å². The van der Waals surface area contributed by atoms with Crippen molar-refractivity contribution in [3.8, 4) is 0 Å². The number of amides is 1. The van der Waals surface area contributed by atoms with Crippen LogP contribution in [0.4, 0.5) is 0 Å². The molecular weight excluding hydrogens is 316 g/mol.